The molecule has 0 aromatic heterocycles. The fourth-order valence-corrected chi connectivity index (χ4v) is 4.35. The Morgan fingerprint density at radius 2 is 1.52 bits per heavy atom. The van der Waals surface area contributed by atoms with E-state index in [1.807, 2.05) is 0 Å². The smallest absolute Gasteiger partial charge is 0.0474 e. The van der Waals surface area contributed by atoms with Crippen LogP contribution in [0.15, 0.2) is 30.3 Å². The van der Waals surface area contributed by atoms with Crippen molar-refractivity contribution in [1.29, 1.82) is 0 Å². The van der Waals surface area contributed by atoms with E-state index in [4.69, 9.17) is 0 Å². The van der Waals surface area contributed by atoms with Crippen molar-refractivity contribution in [2.75, 3.05) is 6.61 Å². The molecule has 4 atom stereocenters. The van der Waals surface area contributed by atoms with E-state index in [9.17, 15) is 5.11 Å². The number of aliphatic hydroxyl groups excluding tert-OH is 1. The SMILES string of the molecule is OCC1CCCCC1NC1CCCCC1c1ccccc1. The first-order valence-corrected chi connectivity index (χ1v) is 8.80. The van der Waals surface area contributed by atoms with Gasteiger partial charge in [-0.15, -0.1) is 0 Å². The van der Waals surface area contributed by atoms with E-state index in [2.05, 4.69) is 35.6 Å². The Labute approximate surface area is 129 Å². The molecule has 0 spiro atoms. The van der Waals surface area contributed by atoms with E-state index in [0.29, 0.717) is 30.5 Å². The second-order valence-electron chi connectivity index (χ2n) is 6.91. The van der Waals surface area contributed by atoms with Crippen molar-refractivity contribution in [3.63, 3.8) is 0 Å². The standard InChI is InChI=1S/C19H29NO/c21-14-16-10-4-6-12-18(16)20-19-13-7-5-11-17(19)15-8-2-1-3-9-15/h1-3,8-9,16-21H,4-7,10-14H2. The fraction of sp³-hybridized carbons (Fsp3) is 0.684. The van der Waals surface area contributed by atoms with Crippen LogP contribution < -0.4 is 5.32 Å². The maximum absolute atomic E-state index is 9.63. The van der Waals surface area contributed by atoms with Gasteiger partial charge in [-0.25, -0.2) is 0 Å². The molecule has 2 N–H and O–H groups in total. The molecule has 1 aromatic carbocycles. The molecule has 0 bridgehead atoms. The highest BCUT2D eigenvalue weighted by atomic mass is 16.3. The largest absolute Gasteiger partial charge is 0.396 e. The van der Waals surface area contributed by atoms with Gasteiger partial charge in [0.1, 0.15) is 0 Å². The Hall–Kier alpha value is -0.860. The van der Waals surface area contributed by atoms with Crippen LogP contribution in [0, 0.1) is 5.92 Å². The van der Waals surface area contributed by atoms with Gasteiger partial charge in [0.05, 0.1) is 0 Å². The number of hydrogen-bond acceptors (Lipinski definition) is 2. The molecule has 2 saturated carbocycles. The van der Waals surface area contributed by atoms with Crippen LogP contribution in [0.3, 0.4) is 0 Å². The topological polar surface area (TPSA) is 32.3 Å². The maximum atomic E-state index is 9.63. The molecular weight excluding hydrogens is 258 g/mol. The molecule has 2 aliphatic rings. The Morgan fingerprint density at radius 1 is 0.857 bits per heavy atom. The third-order valence-electron chi connectivity index (χ3n) is 5.57. The third-order valence-corrected chi connectivity index (χ3v) is 5.57. The third kappa shape index (κ3) is 3.67. The minimum atomic E-state index is 0.348. The molecule has 0 radical (unpaired) electrons. The van der Waals surface area contributed by atoms with Crippen LogP contribution in [-0.4, -0.2) is 23.8 Å². The number of hydrogen-bond donors (Lipinski definition) is 2. The van der Waals surface area contributed by atoms with Crippen molar-refractivity contribution in [3.05, 3.63) is 35.9 Å². The number of benzene rings is 1. The van der Waals surface area contributed by atoms with Crippen molar-refractivity contribution < 1.29 is 5.11 Å². The van der Waals surface area contributed by atoms with Gasteiger partial charge in [-0.3, -0.25) is 0 Å². The van der Waals surface area contributed by atoms with Gasteiger partial charge in [0.15, 0.2) is 0 Å². The van der Waals surface area contributed by atoms with Crippen molar-refractivity contribution in [1.82, 2.24) is 5.32 Å². The van der Waals surface area contributed by atoms with Gasteiger partial charge in [-0.05, 0) is 43.1 Å². The lowest BCUT2D eigenvalue weighted by atomic mass is 9.78. The predicted molar refractivity (Wildman–Crippen MR) is 87.4 cm³/mol. The molecule has 2 heteroatoms. The fourth-order valence-electron chi connectivity index (χ4n) is 4.35. The minimum Gasteiger partial charge on any atom is -0.396 e. The first-order chi connectivity index (χ1) is 10.4. The first-order valence-electron chi connectivity index (χ1n) is 8.80. The summed E-state index contributed by atoms with van der Waals surface area (Å²) in [7, 11) is 0. The molecule has 3 rings (SSSR count). The molecule has 2 nitrogen and oxygen atoms in total. The second-order valence-corrected chi connectivity index (χ2v) is 6.91. The Morgan fingerprint density at radius 3 is 2.29 bits per heavy atom. The second kappa shape index (κ2) is 7.42. The summed E-state index contributed by atoms with van der Waals surface area (Å²) in [4.78, 5) is 0. The summed E-state index contributed by atoms with van der Waals surface area (Å²) in [6.45, 7) is 0.348. The van der Waals surface area contributed by atoms with Crippen LogP contribution in [0.25, 0.3) is 0 Å². The highest BCUT2D eigenvalue weighted by Crippen LogP contribution is 2.35. The normalized spacial score (nSPS) is 33.8. The molecule has 21 heavy (non-hydrogen) atoms. The Kier molecular flexibility index (Phi) is 5.32. The first kappa shape index (κ1) is 15.1. The number of aliphatic hydroxyl groups is 1. The molecule has 116 valence electrons. The lowest BCUT2D eigenvalue weighted by Crippen LogP contribution is -2.48. The zero-order valence-corrected chi connectivity index (χ0v) is 13.0. The highest BCUT2D eigenvalue weighted by Gasteiger charge is 2.31. The zero-order valence-electron chi connectivity index (χ0n) is 13.0. The van der Waals surface area contributed by atoms with E-state index in [1.54, 1.807) is 0 Å². The lowest BCUT2D eigenvalue weighted by Gasteiger charge is -2.39. The molecule has 0 saturated heterocycles. The van der Waals surface area contributed by atoms with Crippen LogP contribution in [0.5, 0.6) is 0 Å². The van der Waals surface area contributed by atoms with E-state index >= 15 is 0 Å². The summed E-state index contributed by atoms with van der Waals surface area (Å²) in [5, 5.41) is 13.6. The summed E-state index contributed by atoms with van der Waals surface area (Å²) in [5.41, 5.74) is 1.49. The summed E-state index contributed by atoms with van der Waals surface area (Å²) in [6.07, 6.45) is 10.3. The molecule has 1 aromatic rings. The lowest BCUT2D eigenvalue weighted by molar-refractivity contribution is 0.136. The van der Waals surface area contributed by atoms with Crippen LogP contribution in [-0.2, 0) is 0 Å². The Bertz CT molecular complexity index is 419. The van der Waals surface area contributed by atoms with Gasteiger partial charge < -0.3 is 10.4 Å². The van der Waals surface area contributed by atoms with Crippen LogP contribution in [0.4, 0.5) is 0 Å². The van der Waals surface area contributed by atoms with Crippen molar-refractivity contribution in [2.45, 2.75) is 69.4 Å². The number of nitrogens with one attached hydrogen (secondary N) is 1. The minimum absolute atomic E-state index is 0.348. The molecule has 2 aliphatic carbocycles. The van der Waals surface area contributed by atoms with Crippen molar-refractivity contribution in [2.24, 2.45) is 5.92 Å². The molecular formula is C19H29NO. The van der Waals surface area contributed by atoms with Gasteiger partial charge in [-0.1, -0.05) is 56.0 Å². The molecule has 0 heterocycles. The van der Waals surface area contributed by atoms with Gasteiger partial charge in [0.25, 0.3) is 0 Å². The summed E-state index contributed by atoms with van der Waals surface area (Å²) < 4.78 is 0. The van der Waals surface area contributed by atoms with Gasteiger partial charge in [-0.2, -0.15) is 0 Å². The van der Waals surface area contributed by atoms with Crippen molar-refractivity contribution in [3.8, 4) is 0 Å². The van der Waals surface area contributed by atoms with E-state index in [0.717, 1.165) is 0 Å². The van der Waals surface area contributed by atoms with Crippen LogP contribution in [0.2, 0.25) is 0 Å². The number of rotatable bonds is 4. The quantitative estimate of drug-likeness (QED) is 0.881. The average Bonchev–Trinajstić information content (AvgIpc) is 2.57. The summed E-state index contributed by atoms with van der Waals surface area (Å²) in [6, 6.07) is 12.1. The monoisotopic (exact) mass is 287 g/mol. The maximum Gasteiger partial charge on any atom is 0.0474 e. The zero-order chi connectivity index (χ0) is 14.5. The van der Waals surface area contributed by atoms with Gasteiger partial charge >= 0.3 is 0 Å². The summed E-state index contributed by atoms with van der Waals surface area (Å²) >= 11 is 0. The predicted octanol–water partition coefficient (Wildman–Crippen LogP) is 3.85. The van der Waals surface area contributed by atoms with Crippen molar-refractivity contribution >= 4 is 0 Å². The molecule has 4 unspecified atom stereocenters. The molecule has 0 aliphatic heterocycles. The average molecular weight is 287 g/mol. The van der Waals surface area contributed by atoms with E-state index in [1.165, 1.54) is 56.9 Å². The van der Waals surface area contributed by atoms with Crippen LogP contribution in [0.1, 0.15) is 62.8 Å². The van der Waals surface area contributed by atoms with Crippen LogP contribution >= 0.6 is 0 Å². The highest BCUT2D eigenvalue weighted by molar-refractivity contribution is 5.22. The van der Waals surface area contributed by atoms with E-state index in [-0.39, 0.29) is 0 Å². The van der Waals surface area contributed by atoms with E-state index < -0.39 is 0 Å². The molecule has 2 fully saturated rings. The molecule has 0 amide bonds. The van der Waals surface area contributed by atoms with Gasteiger partial charge in [0, 0.05) is 18.7 Å². The Balaban J connectivity index is 1.69. The summed E-state index contributed by atoms with van der Waals surface area (Å²) in [5.74, 6) is 1.12. The van der Waals surface area contributed by atoms with Gasteiger partial charge in [0.2, 0.25) is 0 Å².